The molecule has 2 rings (SSSR count). The van der Waals surface area contributed by atoms with Crippen molar-refractivity contribution in [2.24, 2.45) is 0 Å². The SMILES string of the molecule is Cc1[nH]c(C2CC2)nc1C(=O)O.Cl. The van der Waals surface area contributed by atoms with Gasteiger partial charge in [0.15, 0.2) is 5.69 Å². The molecule has 1 aliphatic rings. The minimum Gasteiger partial charge on any atom is -0.476 e. The highest BCUT2D eigenvalue weighted by Crippen LogP contribution is 2.38. The summed E-state index contributed by atoms with van der Waals surface area (Å²) in [5.41, 5.74) is 0.821. The summed E-state index contributed by atoms with van der Waals surface area (Å²) in [6, 6.07) is 0. The molecule has 4 nitrogen and oxygen atoms in total. The van der Waals surface area contributed by atoms with E-state index >= 15 is 0 Å². The third-order valence-electron chi connectivity index (χ3n) is 2.07. The predicted molar refractivity (Wildman–Crippen MR) is 49.5 cm³/mol. The molecule has 1 aromatic heterocycles. The number of nitrogens with one attached hydrogen (secondary N) is 1. The summed E-state index contributed by atoms with van der Waals surface area (Å²) < 4.78 is 0. The Morgan fingerprint density at radius 3 is 2.62 bits per heavy atom. The zero-order valence-corrected chi connectivity index (χ0v) is 8.02. The average Bonchev–Trinajstić information content (AvgIpc) is 2.75. The highest BCUT2D eigenvalue weighted by Gasteiger charge is 2.28. The maximum Gasteiger partial charge on any atom is 0.356 e. The van der Waals surface area contributed by atoms with Crippen LogP contribution < -0.4 is 0 Å². The van der Waals surface area contributed by atoms with Crippen molar-refractivity contribution >= 4 is 18.4 Å². The molecule has 0 aliphatic heterocycles. The molecule has 0 unspecified atom stereocenters. The van der Waals surface area contributed by atoms with E-state index in [1.165, 1.54) is 0 Å². The van der Waals surface area contributed by atoms with Gasteiger partial charge in [0.25, 0.3) is 0 Å². The standard InChI is InChI=1S/C8H10N2O2.ClH/c1-4-6(8(11)12)10-7(9-4)5-2-3-5;/h5H,2-3H2,1H3,(H,9,10)(H,11,12);1H. The summed E-state index contributed by atoms with van der Waals surface area (Å²) in [7, 11) is 0. The minimum atomic E-state index is -0.948. The number of aromatic carboxylic acids is 1. The maximum absolute atomic E-state index is 10.6. The molecule has 72 valence electrons. The first-order chi connectivity index (χ1) is 5.68. The molecule has 1 aromatic rings. The van der Waals surface area contributed by atoms with E-state index in [1.54, 1.807) is 6.92 Å². The Morgan fingerprint density at radius 1 is 1.62 bits per heavy atom. The Kier molecular flexibility index (Phi) is 2.61. The monoisotopic (exact) mass is 202 g/mol. The van der Waals surface area contributed by atoms with Crippen molar-refractivity contribution < 1.29 is 9.90 Å². The molecule has 0 bridgehead atoms. The second-order valence-electron chi connectivity index (χ2n) is 3.18. The van der Waals surface area contributed by atoms with Crippen LogP contribution in [0.2, 0.25) is 0 Å². The first kappa shape index (κ1) is 10.1. The van der Waals surface area contributed by atoms with Gasteiger partial charge in [0, 0.05) is 11.6 Å². The number of rotatable bonds is 2. The van der Waals surface area contributed by atoms with Crippen LogP contribution in [0.5, 0.6) is 0 Å². The van der Waals surface area contributed by atoms with Crippen molar-refractivity contribution in [3.8, 4) is 0 Å². The van der Waals surface area contributed by atoms with Crippen molar-refractivity contribution in [1.29, 1.82) is 0 Å². The van der Waals surface area contributed by atoms with Gasteiger partial charge in [-0.1, -0.05) is 0 Å². The summed E-state index contributed by atoms with van der Waals surface area (Å²) in [6.07, 6.45) is 2.26. The van der Waals surface area contributed by atoms with Crippen LogP contribution in [0.15, 0.2) is 0 Å². The fraction of sp³-hybridized carbons (Fsp3) is 0.500. The molecular formula is C8H11ClN2O2. The second-order valence-corrected chi connectivity index (χ2v) is 3.18. The highest BCUT2D eigenvalue weighted by atomic mass is 35.5. The average molecular weight is 203 g/mol. The van der Waals surface area contributed by atoms with Gasteiger partial charge in [-0.2, -0.15) is 0 Å². The Labute approximate surface area is 81.8 Å². The van der Waals surface area contributed by atoms with Crippen LogP contribution in [0.1, 0.15) is 40.8 Å². The number of imidazole rings is 1. The number of aromatic nitrogens is 2. The summed E-state index contributed by atoms with van der Waals surface area (Å²) in [5, 5.41) is 8.70. The lowest BCUT2D eigenvalue weighted by molar-refractivity contribution is 0.0690. The summed E-state index contributed by atoms with van der Waals surface area (Å²) >= 11 is 0. The number of hydrogen-bond acceptors (Lipinski definition) is 2. The third kappa shape index (κ3) is 1.83. The normalized spacial score (nSPS) is 15.2. The molecule has 2 N–H and O–H groups in total. The first-order valence-corrected chi connectivity index (χ1v) is 3.98. The quantitative estimate of drug-likeness (QED) is 0.768. The lowest BCUT2D eigenvalue weighted by Crippen LogP contribution is -1.98. The number of halogens is 1. The Morgan fingerprint density at radius 2 is 2.23 bits per heavy atom. The Hall–Kier alpha value is -1.03. The molecular weight excluding hydrogens is 192 g/mol. The largest absolute Gasteiger partial charge is 0.476 e. The Balaban J connectivity index is 0.000000845. The molecule has 0 aromatic carbocycles. The molecule has 1 aliphatic carbocycles. The number of nitrogens with zero attached hydrogens (tertiary/aromatic N) is 1. The molecule has 1 fully saturated rings. The van der Waals surface area contributed by atoms with Gasteiger partial charge in [-0.3, -0.25) is 0 Å². The van der Waals surface area contributed by atoms with Crippen molar-refractivity contribution in [1.82, 2.24) is 9.97 Å². The lowest BCUT2D eigenvalue weighted by Gasteiger charge is -1.85. The van der Waals surface area contributed by atoms with Crippen molar-refractivity contribution in [2.45, 2.75) is 25.7 Å². The molecule has 1 heterocycles. The van der Waals surface area contributed by atoms with Gasteiger partial charge < -0.3 is 10.1 Å². The number of aryl methyl sites for hydroxylation is 1. The zero-order chi connectivity index (χ0) is 8.72. The van der Waals surface area contributed by atoms with Gasteiger partial charge in [0.2, 0.25) is 0 Å². The topological polar surface area (TPSA) is 66.0 Å². The fourth-order valence-electron chi connectivity index (χ4n) is 1.24. The van der Waals surface area contributed by atoms with Crippen LogP contribution in [0.25, 0.3) is 0 Å². The van der Waals surface area contributed by atoms with Crippen LogP contribution >= 0.6 is 12.4 Å². The number of aromatic amines is 1. The summed E-state index contributed by atoms with van der Waals surface area (Å²) in [6.45, 7) is 1.74. The number of carboxylic acids is 1. The van der Waals surface area contributed by atoms with Gasteiger partial charge in [-0.05, 0) is 19.8 Å². The zero-order valence-electron chi connectivity index (χ0n) is 7.20. The van der Waals surface area contributed by atoms with Crippen LogP contribution in [-0.4, -0.2) is 21.0 Å². The fourth-order valence-corrected chi connectivity index (χ4v) is 1.24. The first-order valence-electron chi connectivity index (χ1n) is 3.98. The molecule has 0 amide bonds. The molecule has 1 saturated carbocycles. The van der Waals surface area contributed by atoms with E-state index in [1.807, 2.05) is 0 Å². The van der Waals surface area contributed by atoms with Crippen molar-refractivity contribution in [3.05, 3.63) is 17.2 Å². The van der Waals surface area contributed by atoms with Gasteiger partial charge in [-0.15, -0.1) is 12.4 Å². The van der Waals surface area contributed by atoms with Gasteiger partial charge in [-0.25, -0.2) is 9.78 Å². The van der Waals surface area contributed by atoms with Crippen LogP contribution in [-0.2, 0) is 0 Å². The number of hydrogen-bond donors (Lipinski definition) is 2. The van der Waals surface area contributed by atoms with E-state index in [2.05, 4.69) is 9.97 Å². The van der Waals surface area contributed by atoms with E-state index in [0.29, 0.717) is 11.6 Å². The van der Waals surface area contributed by atoms with Crippen molar-refractivity contribution in [2.75, 3.05) is 0 Å². The van der Waals surface area contributed by atoms with E-state index in [0.717, 1.165) is 18.7 Å². The number of H-pyrrole nitrogens is 1. The minimum absolute atomic E-state index is 0. The van der Waals surface area contributed by atoms with E-state index in [9.17, 15) is 4.79 Å². The highest BCUT2D eigenvalue weighted by molar-refractivity contribution is 5.86. The maximum atomic E-state index is 10.6. The van der Waals surface area contributed by atoms with E-state index < -0.39 is 5.97 Å². The molecule has 13 heavy (non-hydrogen) atoms. The second kappa shape index (κ2) is 3.38. The van der Waals surface area contributed by atoms with E-state index in [-0.39, 0.29) is 18.1 Å². The van der Waals surface area contributed by atoms with Crippen LogP contribution in [0, 0.1) is 6.92 Å². The summed E-state index contributed by atoms with van der Waals surface area (Å²) in [4.78, 5) is 17.6. The predicted octanol–water partition coefficient (Wildman–Crippen LogP) is 1.72. The molecule has 0 saturated heterocycles. The van der Waals surface area contributed by atoms with Gasteiger partial charge >= 0.3 is 5.97 Å². The third-order valence-corrected chi connectivity index (χ3v) is 2.07. The van der Waals surface area contributed by atoms with Gasteiger partial charge in [0.05, 0.1) is 0 Å². The number of carbonyl (C=O) groups is 1. The number of carboxylic acid groups (broad SMARTS) is 1. The van der Waals surface area contributed by atoms with Crippen LogP contribution in [0.4, 0.5) is 0 Å². The van der Waals surface area contributed by atoms with Gasteiger partial charge in [0.1, 0.15) is 5.82 Å². The van der Waals surface area contributed by atoms with Crippen molar-refractivity contribution in [3.63, 3.8) is 0 Å². The Bertz CT molecular complexity index is 331. The molecule has 0 spiro atoms. The lowest BCUT2D eigenvalue weighted by atomic mass is 10.4. The van der Waals surface area contributed by atoms with Crippen LogP contribution in [0.3, 0.4) is 0 Å². The molecule has 5 heteroatoms. The smallest absolute Gasteiger partial charge is 0.356 e. The summed E-state index contributed by atoms with van der Waals surface area (Å²) in [5.74, 6) is 0.373. The van der Waals surface area contributed by atoms with E-state index in [4.69, 9.17) is 5.11 Å². The molecule has 0 radical (unpaired) electrons. The molecule has 0 atom stereocenters.